The Labute approximate surface area is 222 Å². The fourth-order valence-corrected chi connectivity index (χ4v) is 5.20. The van der Waals surface area contributed by atoms with Crippen LogP contribution in [0.3, 0.4) is 0 Å². The molecule has 0 saturated carbocycles. The highest BCUT2D eigenvalue weighted by Gasteiger charge is 2.18. The predicted molar refractivity (Wildman–Crippen MR) is 147 cm³/mol. The first-order valence-electron chi connectivity index (χ1n) is 11.5. The maximum Gasteiger partial charge on any atom is 0.257 e. The van der Waals surface area contributed by atoms with Gasteiger partial charge in [-0.3, -0.25) is 9.89 Å². The van der Waals surface area contributed by atoms with Crippen molar-refractivity contribution in [3.63, 3.8) is 0 Å². The van der Waals surface area contributed by atoms with Gasteiger partial charge in [-0.1, -0.05) is 48.0 Å². The molecule has 6 rings (SSSR count). The lowest BCUT2D eigenvalue weighted by atomic mass is 10.1. The number of nitrogens with one attached hydrogen (secondary N) is 2. The van der Waals surface area contributed by atoms with Crippen LogP contribution in [-0.2, 0) is 9.84 Å². The van der Waals surface area contributed by atoms with E-state index < -0.39 is 15.7 Å². The summed E-state index contributed by atoms with van der Waals surface area (Å²) >= 11 is 6.17. The van der Waals surface area contributed by atoms with Crippen LogP contribution in [0.2, 0.25) is 5.02 Å². The summed E-state index contributed by atoms with van der Waals surface area (Å²) in [6, 6.07) is 23.2. The molecule has 0 spiro atoms. The lowest BCUT2D eigenvalue weighted by molar-refractivity contribution is 0.102. The van der Waals surface area contributed by atoms with Crippen molar-refractivity contribution < 1.29 is 17.6 Å². The van der Waals surface area contributed by atoms with E-state index >= 15 is 0 Å². The quantitative estimate of drug-likeness (QED) is 0.262. The van der Waals surface area contributed by atoms with Gasteiger partial charge in [0, 0.05) is 17.5 Å². The number of sulfone groups is 1. The average Bonchev–Trinajstić information content (AvgIpc) is 3.54. The Kier molecular flexibility index (Phi) is 5.74. The van der Waals surface area contributed by atoms with Gasteiger partial charge in [0.05, 0.1) is 32.9 Å². The summed E-state index contributed by atoms with van der Waals surface area (Å²) in [6.45, 7) is 0. The maximum absolute atomic E-state index is 12.7. The summed E-state index contributed by atoms with van der Waals surface area (Å²) < 4.78 is 29.5. The minimum Gasteiger partial charge on any atom is -0.436 e. The van der Waals surface area contributed by atoms with Crippen LogP contribution < -0.4 is 5.32 Å². The van der Waals surface area contributed by atoms with Gasteiger partial charge < -0.3 is 9.73 Å². The van der Waals surface area contributed by atoms with Crippen LogP contribution in [-0.4, -0.2) is 35.8 Å². The van der Waals surface area contributed by atoms with E-state index in [4.69, 9.17) is 16.0 Å². The molecule has 0 bridgehead atoms. The fourth-order valence-electron chi connectivity index (χ4n) is 4.23. The van der Waals surface area contributed by atoms with Gasteiger partial charge in [-0.15, -0.1) is 0 Å². The molecule has 8 nitrogen and oxygen atoms in total. The van der Waals surface area contributed by atoms with Crippen molar-refractivity contribution in [2.45, 2.75) is 4.90 Å². The average molecular weight is 543 g/mol. The number of carbonyl (C=O) groups is 1. The number of halogens is 1. The molecular weight excluding hydrogens is 524 g/mol. The lowest BCUT2D eigenvalue weighted by Crippen LogP contribution is -2.13. The van der Waals surface area contributed by atoms with E-state index in [1.54, 1.807) is 18.3 Å². The minimum absolute atomic E-state index is 0.0472. The second kappa shape index (κ2) is 9.13. The highest BCUT2D eigenvalue weighted by atomic mass is 35.5. The van der Waals surface area contributed by atoms with Crippen molar-refractivity contribution in [1.29, 1.82) is 0 Å². The highest BCUT2D eigenvalue weighted by molar-refractivity contribution is 7.90. The number of fused-ring (bicyclic) bond motifs is 2. The van der Waals surface area contributed by atoms with Crippen LogP contribution in [0.4, 0.5) is 5.69 Å². The van der Waals surface area contributed by atoms with Crippen LogP contribution in [0.25, 0.3) is 44.6 Å². The van der Waals surface area contributed by atoms with E-state index in [0.29, 0.717) is 22.7 Å². The summed E-state index contributed by atoms with van der Waals surface area (Å²) in [5.74, 6) is -0.00693. The van der Waals surface area contributed by atoms with Gasteiger partial charge in [-0.2, -0.15) is 5.10 Å². The van der Waals surface area contributed by atoms with E-state index in [9.17, 15) is 13.2 Å². The fraction of sp³-hybridized carbons (Fsp3) is 0.0357. The summed E-state index contributed by atoms with van der Waals surface area (Å²) in [4.78, 5) is 17.5. The summed E-state index contributed by atoms with van der Waals surface area (Å²) in [7, 11) is -3.43. The molecule has 0 radical (unpaired) electrons. The first kappa shape index (κ1) is 23.9. The van der Waals surface area contributed by atoms with E-state index in [0.717, 1.165) is 33.8 Å². The number of anilines is 1. The Morgan fingerprint density at radius 1 is 0.974 bits per heavy atom. The normalized spacial score (nSPS) is 11.7. The van der Waals surface area contributed by atoms with E-state index in [2.05, 4.69) is 20.5 Å². The molecule has 0 aliphatic rings. The Hall–Kier alpha value is -4.47. The number of hydrogen-bond donors (Lipinski definition) is 2. The summed E-state index contributed by atoms with van der Waals surface area (Å²) in [5.41, 5.74) is 4.40. The zero-order chi connectivity index (χ0) is 26.4. The number of rotatable bonds is 5. The minimum atomic E-state index is -3.43. The SMILES string of the molecule is CS(=O)(=O)c1ccc(C(=O)Nc2ccc(-c3[nH]ncc3-c3nc4cc5ccccc5cc4o3)cc2)c(Cl)c1. The molecule has 0 aliphatic heterocycles. The van der Waals surface area contributed by atoms with E-state index in [1.807, 2.05) is 48.5 Å². The molecular formula is C28H19ClN4O4S. The molecule has 1 amide bonds. The lowest BCUT2D eigenvalue weighted by Gasteiger charge is -2.09. The van der Waals surface area contributed by atoms with Crippen LogP contribution in [0.15, 0.2) is 94.4 Å². The second-order valence-corrected chi connectivity index (χ2v) is 11.2. The third-order valence-corrected chi connectivity index (χ3v) is 7.59. The number of H-pyrrole nitrogens is 1. The first-order valence-corrected chi connectivity index (χ1v) is 13.8. The van der Waals surface area contributed by atoms with Crippen molar-refractivity contribution >= 4 is 54.9 Å². The maximum atomic E-state index is 12.7. The van der Waals surface area contributed by atoms with Crippen LogP contribution in [0.1, 0.15) is 10.4 Å². The number of aromatic amines is 1. The number of aromatic nitrogens is 3. The van der Waals surface area contributed by atoms with E-state index in [1.165, 1.54) is 18.2 Å². The Balaban J connectivity index is 1.25. The standard InChI is InChI=1S/C28H19ClN4O4S/c1-38(35,36)20-10-11-21(23(29)14-20)27(34)31-19-8-6-16(7-9-19)26-22(15-30-33-26)28-32-24-12-17-4-2-3-5-18(17)13-25(24)37-28/h2-15H,1H3,(H,30,33)(H,31,34). The summed E-state index contributed by atoms with van der Waals surface area (Å²) in [5, 5.41) is 12.2. The number of hydrogen-bond acceptors (Lipinski definition) is 6. The predicted octanol–water partition coefficient (Wildman–Crippen LogP) is 6.35. The molecule has 0 saturated heterocycles. The van der Waals surface area contributed by atoms with Crippen LogP contribution in [0, 0.1) is 0 Å². The van der Waals surface area contributed by atoms with Gasteiger partial charge in [0.2, 0.25) is 5.89 Å². The first-order chi connectivity index (χ1) is 18.3. The largest absolute Gasteiger partial charge is 0.436 e. The van der Waals surface area contributed by atoms with Crippen molar-refractivity contribution in [2.24, 2.45) is 0 Å². The topological polar surface area (TPSA) is 118 Å². The van der Waals surface area contributed by atoms with Crippen molar-refractivity contribution in [1.82, 2.24) is 15.2 Å². The van der Waals surface area contributed by atoms with Gasteiger partial charge in [0.1, 0.15) is 5.52 Å². The molecule has 188 valence electrons. The molecule has 38 heavy (non-hydrogen) atoms. The second-order valence-electron chi connectivity index (χ2n) is 8.79. The van der Waals surface area contributed by atoms with Crippen molar-refractivity contribution in [3.8, 4) is 22.7 Å². The number of amides is 1. The molecule has 2 N–H and O–H groups in total. The number of oxazole rings is 1. The third kappa shape index (κ3) is 4.42. The number of nitrogens with zero attached hydrogens (tertiary/aromatic N) is 2. The van der Waals surface area contributed by atoms with Crippen molar-refractivity contribution in [3.05, 3.63) is 95.6 Å². The van der Waals surface area contributed by atoms with Gasteiger partial charge in [-0.05, 0) is 53.2 Å². The molecule has 2 aromatic heterocycles. The van der Waals surface area contributed by atoms with Crippen LogP contribution >= 0.6 is 11.6 Å². The summed E-state index contributed by atoms with van der Waals surface area (Å²) in [6.07, 6.45) is 2.74. The molecule has 10 heteroatoms. The molecule has 4 aromatic carbocycles. The van der Waals surface area contributed by atoms with Crippen molar-refractivity contribution in [2.75, 3.05) is 11.6 Å². The van der Waals surface area contributed by atoms with Gasteiger partial charge in [-0.25, -0.2) is 13.4 Å². The monoisotopic (exact) mass is 542 g/mol. The molecule has 0 aliphatic carbocycles. The van der Waals surface area contributed by atoms with E-state index in [-0.39, 0.29) is 15.5 Å². The molecule has 0 unspecified atom stereocenters. The smallest absolute Gasteiger partial charge is 0.257 e. The molecule has 6 aromatic rings. The van der Waals surface area contributed by atoms with Gasteiger partial charge in [0.25, 0.3) is 5.91 Å². The third-order valence-electron chi connectivity index (χ3n) is 6.17. The molecule has 0 atom stereocenters. The zero-order valence-electron chi connectivity index (χ0n) is 19.9. The number of carbonyl (C=O) groups excluding carboxylic acids is 1. The highest BCUT2D eigenvalue weighted by Crippen LogP contribution is 2.33. The number of benzene rings is 4. The van der Waals surface area contributed by atoms with Gasteiger partial charge >= 0.3 is 0 Å². The Bertz CT molecular complexity index is 1910. The zero-order valence-corrected chi connectivity index (χ0v) is 21.5. The Morgan fingerprint density at radius 2 is 1.71 bits per heavy atom. The Morgan fingerprint density at radius 3 is 2.42 bits per heavy atom. The molecule has 0 fully saturated rings. The van der Waals surface area contributed by atoms with Crippen LogP contribution in [0.5, 0.6) is 0 Å². The van der Waals surface area contributed by atoms with Gasteiger partial charge in [0.15, 0.2) is 15.4 Å². The molecule has 2 heterocycles.